The minimum absolute atomic E-state index is 0.968. The third-order valence-corrected chi connectivity index (χ3v) is 3.28. The molecular weight excluding hydrogens is 222 g/mol. The molecule has 18 heavy (non-hydrogen) atoms. The second-order valence-electron chi connectivity index (χ2n) is 5.15. The van der Waals surface area contributed by atoms with Gasteiger partial charge in [-0.2, -0.15) is 0 Å². The second-order valence-corrected chi connectivity index (χ2v) is 5.15. The van der Waals surface area contributed by atoms with Crippen LogP contribution in [0, 0.1) is 0 Å². The van der Waals surface area contributed by atoms with Gasteiger partial charge in [-0.15, -0.1) is 0 Å². The zero-order chi connectivity index (χ0) is 13.3. The van der Waals surface area contributed by atoms with Crippen LogP contribution in [0.15, 0.2) is 0 Å². The Bertz CT molecular complexity index is 123. The molecule has 0 aliphatic carbocycles. The maximum atomic E-state index is 5.65. The zero-order valence-corrected chi connectivity index (χ0v) is 12.8. The Morgan fingerprint density at radius 3 is 1.83 bits per heavy atom. The number of unbranched alkanes of at least 4 members (excludes halogenated alkanes) is 8. The number of nitrogens with one attached hydrogen (secondary N) is 1. The van der Waals surface area contributed by atoms with Gasteiger partial charge in [0, 0.05) is 13.2 Å². The summed E-state index contributed by atoms with van der Waals surface area (Å²) in [5.74, 6) is 0. The Hall–Kier alpha value is -0.0800. The van der Waals surface area contributed by atoms with E-state index in [9.17, 15) is 0 Å². The molecule has 0 amide bonds. The van der Waals surface area contributed by atoms with Gasteiger partial charge < -0.3 is 10.1 Å². The van der Waals surface area contributed by atoms with Crippen molar-refractivity contribution < 1.29 is 4.74 Å². The molecule has 0 spiro atoms. The Labute approximate surface area is 115 Å². The molecule has 2 heteroatoms. The fourth-order valence-corrected chi connectivity index (χ4v) is 2.07. The van der Waals surface area contributed by atoms with Gasteiger partial charge in [-0.05, 0) is 32.4 Å². The van der Waals surface area contributed by atoms with E-state index >= 15 is 0 Å². The van der Waals surface area contributed by atoms with Crippen LogP contribution < -0.4 is 5.32 Å². The summed E-state index contributed by atoms with van der Waals surface area (Å²) >= 11 is 0. The van der Waals surface area contributed by atoms with E-state index in [1.165, 1.54) is 70.8 Å². The first kappa shape index (κ1) is 17.9. The average Bonchev–Trinajstić information content (AvgIpc) is 2.39. The van der Waals surface area contributed by atoms with Crippen LogP contribution in [0.1, 0.15) is 78.1 Å². The van der Waals surface area contributed by atoms with E-state index in [4.69, 9.17) is 4.74 Å². The van der Waals surface area contributed by atoms with Crippen LogP contribution in [-0.2, 0) is 4.74 Å². The summed E-state index contributed by atoms with van der Waals surface area (Å²) in [6.45, 7) is 8.65. The van der Waals surface area contributed by atoms with Crippen molar-refractivity contribution in [2.24, 2.45) is 0 Å². The van der Waals surface area contributed by atoms with Crippen LogP contribution >= 0.6 is 0 Å². The Kier molecular flexibility index (Phi) is 16.8. The lowest BCUT2D eigenvalue weighted by Gasteiger charge is -2.05. The zero-order valence-electron chi connectivity index (χ0n) is 12.8. The van der Waals surface area contributed by atoms with Crippen LogP contribution in [-0.4, -0.2) is 26.3 Å². The topological polar surface area (TPSA) is 21.3 Å². The van der Waals surface area contributed by atoms with Crippen molar-refractivity contribution in [2.75, 3.05) is 26.3 Å². The van der Waals surface area contributed by atoms with Gasteiger partial charge in [-0.3, -0.25) is 0 Å². The van der Waals surface area contributed by atoms with Crippen LogP contribution in [0.2, 0.25) is 0 Å². The molecule has 0 aliphatic rings. The molecular formula is C16H35NO. The molecule has 0 unspecified atom stereocenters. The normalized spacial score (nSPS) is 11.0. The Morgan fingerprint density at radius 1 is 0.667 bits per heavy atom. The largest absolute Gasteiger partial charge is 0.381 e. The summed E-state index contributed by atoms with van der Waals surface area (Å²) < 4.78 is 5.65. The van der Waals surface area contributed by atoms with Crippen molar-refractivity contribution in [3.05, 3.63) is 0 Å². The predicted molar refractivity (Wildman–Crippen MR) is 81.2 cm³/mol. The van der Waals surface area contributed by atoms with Gasteiger partial charge in [0.15, 0.2) is 0 Å². The van der Waals surface area contributed by atoms with Crippen LogP contribution in [0.5, 0.6) is 0 Å². The van der Waals surface area contributed by atoms with Crippen molar-refractivity contribution in [2.45, 2.75) is 78.1 Å². The number of ether oxygens (including phenoxy) is 1. The molecule has 0 aromatic carbocycles. The van der Waals surface area contributed by atoms with Gasteiger partial charge in [0.2, 0.25) is 0 Å². The predicted octanol–water partition coefficient (Wildman–Crippen LogP) is 4.53. The molecule has 0 aromatic heterocycles. The third kappa shape index (κ3) is 15.9. The Morgan fingerprint density at radius 2 is 1.22 bits per heavy atom. The number of hydrogen-bond acceptors (Lipinski definition) is 2. The van der Waals surface area contributed by atoms with Gasteiger partial charge in [0.05, 0.1) is 0 Å². The molecule has 110 valence electrons. The monoisotopic (exact) mass is 257 g/mol. The van der Waals surface area contributed by atoms with Crippen LogP contribution in [0.25, 0.3) is 0 Å². The quantitative estimate of drug-likeness (QED) is 0.435. The molecule has 0 radical (unpaired) electrons. The van der Waals surface area contributed by atoms with Gasteiger partial charge in [0.1, 0.15) is 0 Å². The first-order chi connectivity index (χ1) is 8.91. The maximum Gasteiger partial charge on any atom is 0.0466 e. The highest BCUT2D eigenvalue weighted by Gasteiger charge is 1.93. The van der Waals surface area contributed by atoms with E-state index in [2.05, 4.69) is 19.2 Å². The fourth-order valence-electron chi connectivity index (χ4n) is 2.07. The summed E-state index contributed by atoms with van der Waals surface area (Å²) in [7, 11) is 0. The van der Waals surface area contributed by atoms with E-state index in [-0.39, 0.29) is 0 Å². The second kappa shape index (κ2) is 16.9. The molecule has 0 fully saturated rings. The lowest BCUT2D eigenvalue weighted by atomic mass is 10.1. The molecule has 0 aromatic rings. The number of rotatable bonds is 15. The van der Waals surface area contributed by atoms with Gasteiger partial charge >= 0.3 is 0 Å². The standard InChI is InChI=1S/C16H35NO/c1-3-5-6-7-9-12-15-18-16-13-10-8-11-14-17-4-2/h17H,3-16H2,1-2H3. The highest BCUT2D eigenvalue weighted by Crippen LogP contribution is 2.05. The highest BCUT2D eigenvalue weighted by atomic mass is 16.5. The maximum absolute atomic E-state index is 5.65. The fraction of sp³-hybridized carbons (Fsp3) is 1.00. The van der Waals surface area contributed by atoms with Gasteiger partial charge in [0.25, 0.3) is 0 Å². The van der Waals surface area contributed by atoms with Gasteiger partial charge in [-0.1, -0.05) is 58.8 Å². The summed E-state index contributed by atoms with van der Waals surface area (Å²) in [5.41, 5.74) is 0. The molecule has 0 atom stereocenters. The van der Waals surface area contributed by atoms with Crippen molar-refractivity contribution in [3.8, 4) is 0 Å². The summed E-state index contributed by atoms with van der Waals surface area (Å²) in [4.78, 5) is 0. The molecule has 0 bridgehead atoms. The minimum atomic E-state index is 0.968. The smallest absolute Gasteiger partial charge is 0.0466 e. The first-order valence-corrected chi connectivity index (χ1v) is 8.20. The summed E-state index contributed by atoms with van der Waals surface area (Å²) in [6, 6.07) is 0. The summed E-state index contributed by atoms with van der Waals surface area (Å²) in [6.07, 6.45) is 13.3. The molecule has 1 N–H and O–H groups in total. The molecule has 0 aliphatic heterocycles. The average molecular weight is 257 g/mol. The molecule has 2 nitrogen and oxygen atoms in total. The molecule has 0 rings (SSSR count). The molecule has 0 heterocycles. The van der Waals surface area contributed by atoms with Crippen molar-refractivity contribution in [1.82, 2.24) is 5.32 Å². The molecule has 0 saturated carbocycles. The highest BCUT2D eigenvalue weighted by molar-refractivity contribution is 4.47. The van der Waals surface area contributed by atoms with E-state index in [0.29, 0.717) is 0 Å². The van der Waals surface area contributed by atoms with E-state index in [0.717, 1.165) is 19.8 Å². The van der Waals surface area contributed by atoms with E-state index < -0.39 is 0 Å². The van der Waals surface area contributed by atoms with Crippen LogP contribution in [0.4, 0.5) is 0 Å². The van der Waals surface area contributed by atoms with Crippen molar-refractivity contribution in [1.29, 1.82) is 0 Å². The minimum Gasteiger partial charge on any atom is -0.381 e. The Balaban J connectivity index is 2.86. The first-order valence-electron chi connectivity index (χ1n) is 8.20. The van der Waals surface area contributed by atoms with E-state index in [1.54, 1.807) is 0 Å². The third-order valence-electron chi connectivity index (χ3n) is 3.28. The molecule has 0 saturated heterocycles. The SMILES string of the molecule is CCCCCCCCOCCCCCCNCC. The summed E-state index contributed by atoms with van der Waals surface area (Å²) in [5, 5.41) is 3.36. The lowest BCUT2D eigenvalue weighted by molar-refractivity contribution is 0.125. The van der Waals surface area contributed by atoms with Crippen LogP contribution in [0.3, 0.4) is 0 Å². The number of hydrogen-bond donors (Lipinski definition) is 1. The van der Waals surface area contributed by atoms with Crippen molar-refractivity contribution in [3.63, 3.8) is 0 Å². The van der Waals surface area contributed by atoms with E-state index in [1.807, 2.05) is 0 Å². The lowest BCUT2D eigenvalue weighted by Crippen LogP contribution is -2.13. The van der Waals surface area contributed by atoms with Crippen molar-refractivity contribution >= 4 is 0 Å². The van der Waals surface area contributed by atoms with Gasteiger partial charge in [-0.25, -0.2) is 0 Å².